The van der Waals surface area contributed by atoms with Crippen LogP contribution in [0.25, 0.3) is 0 Å². The second kappa shape index (κ2) is 4.24. The molecule has 0 aliphatic rings. The lowest BCUT2D eigenvalue weighted by molar-refractivity contribution is -0.114. The van der Waals surface area contributed by atoms with Gasteiger partial charge < -0.3 is 9.84 Å². The van der Waals surface area contributed by atoms with E-state index in [1.54, 1.807) is 0 Å². The van der Waals surface area contributed by atoms with Gasteiger partial charge in [-0.3, -0.25) is 0 Å². The zero-order valence-corrected chi connectivity index (χ0v) is 8.98. The minimum Gasteiger partial charge on any atom is -0.394 e. The predicted molar refractivity (Wildman–Crippen MR) is 51.2 cm³/mol. The fourth-order valence-corrected chi connectivity index (χ4v) is 1.12. The molecule has 0 radical (unpaired) electrons. The average molecular weight is 174 g/mol. The number of ether oxygens (including phenoxy) is 1. The molecule has 0 saturated carbocycles. The molecule has 0 saturated heterocycles. The molecule has 1 atom stereocenters. The Morgan fingerprint density at radius 1 is 1.17 bits per heavy atom. The summed E-state index contributed by atoms with van der Waals surface area (Å²) in [6, 6.07) is 0. The van der Waals surface area contributed by atoms with Gasteiger partial charge in [-0.1, -0.05) is 27.7 Å². The zero-order valence-electron chi connectivity index (χ0n) is 8.98. The molecular formula is C10H22O2. The van der Waals surface area contributed by atoms with Gasteiger partial charge in [0.25, 0.3) is 0 Å². The van der Waals surface area contributed by atoms with Gasteiger partial charge in [0, 0.05) is 0 Å². The lowest BCUT2D eigenvalue weighted by atomic mass is 9.76. The Labute approximate surface area is 75.9 Å². The Morgan fingerprint density at radius 2 is 1.67 bits per heavy atom. The van der Waals surface area contributed by atoms with Crippen molar-refractivity contribution in [3.05, 3.63) is 0 Å². The molecule has 12 heavy (non-hydrogen) atoms. The van der Waals surface area contributed by atoms with Gasteiger partial charge in [0.15, 0.2) is 0 Å². The molecule has 1 unspecified atom stereocenters. The molecule has 0 aromatic heterocycles. The third-order valence-electron chi connectivity index (χ3n) is 2.77. The van der Waals surface area contributed by atoms with Crippen LogP contribution < -0.4 is 0 Å². The minimum atomic E-state index is -0.129. The van der Waals surface area contributed by atoms with E-state index in [4.69, 9.17) is 9.84 Å². The van der Waals surface area contributed by atoms with Crippen LogP contribution in [0.4, 0.5) is 0 Å². The molecule has 74 valence electrons. The summed E-state index contributed by atoms with van der Waals surface area (Å²) in [6.45, 7) is 11.2. The van der Waals surface area contributed by atoms with Gasteiger partial charge in [-0.25, -0.2) is 0 Å². The summed E-state index contributed by atoms with van der Waals surface area (Å²) < 4.78 is 5.64. The van der Waals surface area contributed by atoms with Crippen LogP contribution in [-0.4, -0.2) is 23.9 Å². The van der Waals surface area contributed by atoms with Crippen molar-refractivity contribution in [2.45, 2.75) is 46.6 Å². The molecular weight excluding hydrogens is 152 g/mol. The maximum atomic E-state index is 8.67. The molecule has 2 heteroatoms. The first-order valence-electron chi connectivity index (χ1n) is 4.62. The van der Waals surface area contributed by atoms with Gasteiger partial charge in [-0.2, -0.15) is 0 Å². The third-order valence-corrected chi connectivity index (χ3v) is 2.77. The molecule has 0 fully saturated rings. The van der Waals surface area contributed by atoms with Crippen LogP contribution in [-0.2, 0) is 4.74 Å². The Balaban J connectivity index is 4.24. The highest BCUT2D eigenvalue weighted by Crippen LogP contribution is 2.35. The molecule has 1 N–H and O–H groups in total. The second-order valence-corrected chi connectivity index (χ2v) is 4.41. The standard InChI is InChI=1S/C10H22O2/c1-6-10(5,9(2,3)4)12-8-7-11/h11H,6-8H2,1-5H3. The van der Waals surface area contributed by atoms with Crippen molar-refractivity contribution in [2.75, 3.05) is 13.2 Å². The number of aliphatic hydroxyl groups is 1. The van der Waals surface area contributed by atoms with E-state index >= 15 is 0 Å². The van der Waals surface area contributed by atoms with Crippen LogP contribution in [0.2, 0.25) is 0 Å². The first-order chi connectivity index (χ1) is 5.37. The maximum Gasteiger partial charge on any atom is 0.0705 e. The minimum absolute atomic E-state index is 0.103. The monoisotopic (exact) mass is 174 g/mol. The van der Waals surface area contributed by atoms with Crippen molar-refractivity contribution >= 4 is 0 Å². The molecule has 0 bridgehead atoms. The lowest BCUT2D eigenvalue weighted by Crippen LogP contribution is -2.42. The SMILES string of the molecule is CCC(C)(OCCO)C(C)(C)C. The Hall–Kier alpha value is -0.0800. The fourth-order valence-electron chi connectivity index (χ4n) is 1.12. The van der Waals surface area contributed by atoms with Crippen LogP contribution in [0.3, 0.4) is 0 Å². The molecule has 0 aliphatic carbocycles. The number of hydrogen-bond donors (Lipinski definition) is 1. The third kappa shape index (κ3) is 2.76. The van der Waals surface area contributed by atoms with Gasteiger partial charge >= 0.3 is 0 Å². The van der Waals surface area contributed by atoms with E-state index in [1.165, 1.54) is 0 Å². The van der Waals surface area contributed by atoms with Gasteiger partial charge in [-0.05, 0) is 18.8 Å². The molecule has 0 aliphatic heterocycles. The average Bonchev–Trinajstić information content (AvgIpc) is 1.98. The van der Waals surface area contributed by atoms with Gasteiger partial charge in [0.05, 0.1) is 18.8 Å². The number of aliphatic hydroxyl groups excluding tert-OH is 1. The van der Waals surface area contributed by atoms with Crippen LogP contribution >= 0.6 is 0 Å². The lowest BCUT2D eigenvalue weighted by Gasteiger charge is -2.41. The van der Waals surface area contributed by atoms with Gasteiger partial charge in [0.2, 0.25) is 0 Å². The first-order valence-corrected chi connectivity index (χ1v) is 4.62. The zero-order chi connectivity index (χ0) is 9.83. The maximum absolute atomic E-state index is 8.67. The van der Waals surface area contributed by atoms with E-state index in [1.807, 2.05) is 0 Å². The Bertz CT molecular complexity index is 126. The van der Waals surface area contributed by atoms with Crippen LogP contribution in [0.1, 0.15) is 41.0 Å². The first kappa shape index (κ1) is 11.9. The van der Waals surface area contributed by atoms with Crippen molar-refractivity contribution in [3.8, 4) is 0 Å². The van der Waals surface area contributed by atoms with Crippen molar-refractivity contribution in [1.82, 2.24) is 0 Å². The highest BCUT2D eigenvalue weighted by atomic mass is 16.5. The van der Waals surface area contributed by atoms with Crippen LogP contribution in [0, 0.1) is 5.41 Å². The summed E-state index contributed by atoms with van der Waals surface area (Å²) in [4.78, 5) is 0. The second-order valence-electron chi connectivity index (χ2n) is 4.41. The molecule has 0 amide bonds. The van der Waals surface area contributed by atoms with Crippen molar-refractivity contribution < 1.29 is 9.84 Å². The van der Waals surface area contributed by atoms with Crippen LogP contribution in [0.5, 0.6) is 0 Å². The molecule has 0 aromatic rings. The smallest absolute Gasteiger partial charge is 0.0705 e. The van der Waals surface area contributed by atoms with E-state index in [0.29, 0.717) is 6.61 Å². The summed E-state index contributed by atoms with van der Waals surface area (Å²) in [5.41, 5.74) is -0.00729. The Kier molecular flexibility index (Phi) is 4.21. The number of hydrogen-bond acceptors (Lipinski definition) is 2. The summed E-state index contributed by atoms with van der Waals surface area (Å²) in [5.74, 6) is 0. The van der Waals surface area contributed by atoms with E-state index in [-0.39, 0.29) is 17.6 Å². The van der Waals surface area contributed by atoms with E-state index < -0.39 is 0 Å². The van der Waals surface area contributed by atoms with Crippen molar-refractivity contribution in [1.29, 1.82) is 0 Å². The van der Waals surface area contributed by atoms with Crippen molar-refractivity contribution in [3.63, 3.8) is 0 Å². The molecule has 0 rings (SSSR count). The summed E-state index contributed by atoms with van der Waals surface area (Å²) in [5, 5.41) is 8.67. The predicted octanol–water partition coefficient (Wildman–Crippen LogP) is 2.21. The normalized spacial score (nSPS) is 17.5. The largest absolute Gasteiger partial charge is 0.394 e. The van der Waals surface area contributed by atoms with E-state index in [9.17, 15) is 0 Å². The molecule has 0 aromatic carbocycles. The van der Waals surface area contributed by atoms with Gasteiger partial charge in [-0.15, -0.1) is 0 Å². The van der Waals surface area contributed by atoms with E-state index in [0.717, 1.165) is 6.42 Å². The van der Waals surface area contributed by atoms with Crippen molar-refractivity contribution in [2.24, 2.45) is 5.41 Å². The molecule has 0 spiro atoms. The Morgan fingerprint density at radius 3 is 1.92 bits per heavy atom. The summed E-state index contributed by atoms with van der Waals surface area (Å²) >= 11 is 0. The van der Waals surface area contributed by atoms with E-state index in [2.05, 4.69) is 34.6 Å². The molecule has 0 heterocycles. The summed E-state index contributed by atoms with van der Waals surface area (Å²) in [7, 11) is 0. The number of rotatable bonds is 4. The molecule has 2 nitrogen and oxygen atoms in total. The topological polar surface area (TPSA) is 29.5 Å². The highest BCUT2D eigenvalue weighted by molar-refractivity contribution is 4.86. The van der Waals surface area contributed by atoms with Gasteiger partial charge in [0.1, 0.15) is 0 Å². The van der Waals surface area contributed by atoms with Crippen LogP contribution in [0.15, 0.2) is 0 Å². The fraction of sp³-hybridized carbons (Fsp3) is 1.00. The highest BCUT2D eigenvalue weighted by Gasteiger charge is 2.36. The quantitative estimate of drug-likeness (QED) is 0.708. The summed E-state index contributed by atoms with van der Waals surface area (Å²) in [6.07, 6.45) is 0.969.